The van der Waals surface area contributed by atoms with Crippen molar-refractivity contribution in [1.82, 2.24) is 10.2 Å². The van der Waals surface area contributed by atoms with Crippen LogP contribution in [0.5, 0.6) is 0 Å². The molecule has 1 heterocycles. The van der Waals surface area contributed by atoms with Crippen LogP contribution in [-0.4, -0.2) is 59.8 Å². The van der Waals surface area contributed by atoms with E-state index in [4.69, 9.17) is 4.74 Å². The molecule has 0 saturated carbocycles. The van der Waals surface area contributed by atoms with E-state index in [2.05, 4.69) is 10.1 Å². The number of nitrogens with zero attached hydrogens (tertiary/aromatic N) is 1. The molecule has 0 spiro atoms. The molecule has 1 fully saturated rings. The maximum Gasteiger partial charge on any atom is 0.411 e. The number of ether oxygens (including phenoxy) is 2. The number of hydrogen-bond donors (Lipinski definition) is 1. The maximum absolute atomic E-state index is 12.0. The van der Waals surface area contributed by atoms with Crippen molar-refractivity contribution >= 4 is 29.7 Å². The number of carbonyl (C=O) groups excluding carboxylic acids is 3. The Kier molecular flexibility index (Phi) is 5.67. The van der Waals surface area contributed by atoms with E-state index in [9.17, 15) is 14.4 Å². The van der Waals surface area contributed by atoms with Crippen LogP contribution in [0, 0.1) is 0 Å². The van der Waals surface area contributed by atoms with Gasteiger partial charge in [-0.25, -0.2) is 4.79 Å². The fourth-order valence-corrected chi connectivity index (χ4v) is 2.65. The number of nitrogens with one attached hydrogen (secondary N) is 1. The molecule has 1 aliphatic heterocycles. The van der Waals surface area contributed by atoms with Crippen molar-refractivity contribution in [1.29, 1.82) is 0 Å². The summed E-state index contributed by atoms with van der Waals surface area (Å²) in [5, 5.41) is 2.45. The molecule has 1 saturated heterocycles. The van der Waals surface area contributed by atoms with E-state index in [0.29, 0.717) is 11.6 Å². The molecule has 0 aliphatic carbocycles. The average molecular weight is 304 g/mol. The van der Waals surface area contributed by atoms with Crippen LogP contribution in [0.25, 0.3) is 0 Å². The predicted octanol–water partition coefficient (Wildman–Crippen LogP) is 0.586. The van der Waals surface area contributed by atoms with Crippen LogP contribution in [0.1, 0.15) is 20.8 Å². The van der Waals surface area contributed by atoms with Gasteiger partial charge in [0.1, 0.15) is 18.2 Å². The lowest BCUT2D eigenvalue weighted by atomic mass is 10.2. The first-order valence-corrected chi connectivity index (χ1v) is 7.32. The molecular weight excluding hydrogens is 284 g/mol. The Balaban J connectivity index is 2.58. The fraction of sp³-hybridized carbons (Fsp3) is 0.750. The van der Waals surface area contributed by atoms with E-state index >= 15 is 0 Å². The van der Waals surface area contributed by atoms with Crippen LogP contribution in [0.15, 0.2) is 0 Å². The molecule has 0 aromatic carbocycles. The molecule has 2 amide bonds. The Bertz CT molecular complexity index is 394. The van der Waals surface area contributed by atoms with Gasteiger partial charge >= 0.3 is 12.1 Å². The zero-order chi connectivity index (χ0) is 15.3. The van der Waals surface area contributed by atoms with Crippen molar-refractivity contribution in [3.8, 4) is 0 Å². The summed E-state index contributed by atoms with van der Waals surface area (Å²) in [6.45, 7) is 5.08. The van der Waals surface area contributed by atoms with E-state index in [-0.39, 0.29) is 12.5 Å². The molecule has 0 aromatic heterocycles. The van der Waals surface area contributed by atoms with E-state index in [0.717, 1.165) is 0 Å². The van der Waals surface area contributed by atoms with Crippen molar-refractivity contribution < 1.29 is 23.9 Å². The SMILES string of the molecule is COC(=O)CNC(=O)[C@H]1CSCN1C(=O)OC(C)(C)C. The van der Waals surface area contributed by atoms with Crippen LogP contribution in [0.4, 0.5) is 4.79 Å². The van der Waals surface area contributed by atoms with Crippen LogP contribution in [0.3, 0.4) is 0 Å². The Labute approximate surface area is 122 Å². The lowest BCUT2D eigenvalue weighted by molar-refractivity contribution is -0.141. The van der Waals surface area contributed by atoms with Gasteiger partial charge in [0.05, 0.1) is 13.0 Å². The molecule has 7 nitrogen and oxygen atoms in total. The largest absolute Gasteiger partial charge is 0.468 e. The van der Waals surface area contributed by atoms with E-state index in [1.165, 1.54) is 23.8 Å². The minimum Gasteiger partial charge on any atom is -0.468 e. The minimum atomic E-state index is -0.625. The van der Waals surface area contributed by atoms with Gasteiger partial charge in [0.15, 0.2) is 0 Å². The van der Waals surface area contributed by atoms with Crippen molar-refractivity contribution in [2.75, 3.05) is 25.3 Å². The number of hydrogen-bond acceptors (Lipinski definition) is 6. The topological polar surface area (TPSA) is 84.9 Å². The molecule has 114 valence electrons. The van der Waals surface area contributed by atoms with E-state index in [1.807, 2.05) is 0 Å². The number of rotatable bonds is 3. The van der Waals surface area contributed by atoms with Gasteiger partial charge in [-0.15, -0.1) is 11.8 Å². The summed E-state index contributed by atoms with van der Waals surface area (Å²) in [5.41, 5.74) is -0.614. The summed E-state index contributed by atoms with van der Waals surface area (Å²) in [5.74, 6) is -0.0450. The highest BCUT2D eigenvalue weighted by Gasteiger charge is 2.37. The molecule has 0 unspecified atom stereocenters. The Morgan fingerprint density at radius 3 is 2.55 bits per heavy atom. The highest BCUT2D eigenvalue weighted by molar-refractivity contribution is 7.99. The summed E-state index contributed by atoms with van der Waals surface area (Å²) < 4.78 is 9.69. The normalized spacial score (nSPS) is 18.6. The molecule has 8 heteroatoms. The summed E-state index contributed by atoms with van der Waals surface area (Å²) >= 11 is 1.46. The lowest BCUT2D eigenvalue weighted by Crippen LogP contribution is -2.49. The highest BCUT2D eigenvalue weighted by Crippen LogP contribution is 2.23. The summed E-state index contributed by atoms with van der Waals surface area (Å²) in [4.78, 5) is 36.3. The molecule has 20 heavy (non-hydrogen) atoms. The molecule has 1 N–H and O–H groups in total. The second-order valence-electron chi connectivity index (χ2n) is 5.26. The fourth-order valence-electron chi connectivity index (χ4n) is 1.51. The molecule has 1 atom stereocenters. The molecule has 0 radical (unpaired) electrons. The summed E-state index contributed by atoms with van der Waals surface area (Å²) in [6.07, 6.45) is -0.527. The number of carbonyl (C=O) groups is 3. The number of thioether (sulfide) groups is 1. The Morgan fingerprint density at radius 2 is 2.00 bits per heavy atom. The third-order valence-corrected chi connectivity index (χ3v) is 3.46. The second kappa shape index (κ2) is 6.83. The van der Waals surface area contributed by atoms with Gasteiger partial charge in [-0.1, -0.05) is 0 Å². The smallest absolute Gasteiger partial charge is 0.411 e. The molecule has 1 rings (SSSR count). The number of methoxy groups -OCH3 is 1. The molecule has 0 aromatic rings. The Hall–Kier alpha value is -1.44. The third kappa shape index (κ3) is 4.92. The maximum atomic E-state index is 12.0. The van der Waals surface area contributed by atoms with E-state index in [1.54, 1.807) is 20.8 Å². The monoisotopic (exact) mass is 304 g/mol. The first kappa shape index (κ1) is 16.6. The summed E-state index contributed by atoms with van der Waals surface area (Å²) in [7, 11) is 1.24. The summed E-state index contributed by atoms with van der Waals surface area (Å²) in [6, 6.07) is -0.625. The van der Waals surface area contributed by atoms with Crippen LogP contribution < -0.4 is 5.32 Å². The third-order valence-electron chi connectivity index (χ3n) is 2.45. The molecule has 1 aliphatic rings. The highest BCUT2D eigenvalue weighted by atomic mass is 32.2. The average Bonchev–Trinajstić information content (AvgIpc) is 2.82. The van der Waals surface area contributed by atoms with E-state index < -0.39 is 23.7 Å². The van der Waals surface area contributed by atoms with Gasteiger partial charge in [-0.05, 0) is 20.8 Å². The second-order valence-corrected chi connectivity index (χ2v) is 6.26. The first-order valence-electron chi connectivity index (χ1n) is 6.16. The molecule has 0 bridgehead atoms. The van der Waals surface area contributed by atoms with Gasteiger partial charge in [-0.2, -0.15) is 0 Å². The Morgan fingerprint density at radius 1 is 1.35 bits per heavy atom. The minimum absolute atomic E-state index is 0.210. The predicted molar refractivity (Wildman–Crippen MR) is 74.2 cm³/mol. The van der Waals surface area contributed by atoms with Crippen molar-refractivity contribution in [3.05, 3.63) is 0 Å². The van der Waals surface area contributed by atoms with Gasteiger partial charge in [0, 0.05) is 5.75 Å². The van der Waals surface area contributed by atoms with Crippen molar-refractivity contribution in [3.63, 3.8) is 0 Å². The number of amides is 2. The van der Waals surface area contributed by atoms with Gasteiger partial charge in [-0.3, -0.25) is 14.5 Å². The number of esters is 1. The van der Waals surface area contributed by atoms with Gasteiger partial charge in [0.2, 0.25) is 5.91 Å². The van der Waals surface area contributed by atoms with Gasteiger partial charge in [0.25, 0.3) is 0 Å². The van der Waals surface area contributed by atoms with Gasteiger partial charge < -0.3 is 14.8 Å². The van der Waals surface area contributed by atoms with Crippen LogP contribution >= 0.6 is 11.8 Å². The standard InChI is InChI=1S/C12H20N2O5S/c1-12(2,3)19-11(17)14-7-20-6-8(14)10(16)13-5-9(15)18-4/h8H,5-7H2,1-4H3,(H,13,16)/t8-/m1/s1. The lowest BCUT2D eigenvalue weighted by Gasteiger charge is -2.27. The van der Waals surface area contributed by atoms with Crippen molar-refractivity contribution in [2.45, 2.75) is 32.4 Å². The van der Waals surface area contributed by atoms with Crippen LogP contribution in [0.2, 0.25) is 0 Å². The zero-order valence-corrected chi connectivity index (χ0v) is 12.9. The molecular formula is C12H20N2O5S. The first-order chi connectivity index (χ1) is 9.24. The van der Waals surface area contributed by atoms with Crippen LogP contribution in [-0.2, 0) is 19.1 Å². The zero-order valence-electron chi connectivity index (χ0n) is 12.1. The van der Waals surface area contributed by atoms with Crippen molar-refractivity contribution in [2.24, 2.45) is 0 Å². The quantitative estimate of drug-likeness (QED) is 0.768.